The van der Waals surface area contributed by atoms with Gasteiger partial charge in [0.05, 0.1) is 4.92 Å². The average molecular weight is 280 g/mol. The second-order valence-corrected chi connectivity index (χ2v) is 4.08. The highest BCUT2D eigenvalue weighted by Crippen LogP contribution is 2.37. The summed E-state index contributed by atoms with van der Waals surface area (Å²) >= 11 is 0. The summed E-state index contributed by atoms with van der Waals surface area (Å²) in [5, 5.41) is 29.7. The van der Waals surface area contributed by atoms with Crippen LogP contribution in [0.1, 0.15) is 19.4 Å². The van der Waals surface area contributed by atoms with Crippen LogP contribution in [0, 0.1) is 10.1 Å². The third kappa shape index (κ3) is 2.87. The van der Waals surface area contributed by atoms with E-state index in [1.54, 1.807) is 13.8 Å². The molecule has 1 amide bonds. The number of aromatic hydroxyl groups is 2. The van der Waals surface area contributed by atoms with Crippen molar-refractivity contribution in [3.8, 4) is 11.5 Å². The first-order valence-corrected chi connectivity index (χ1v) is 6.02. The van der Waals surface area contributed by atoms with Crippen LogP contribution in [0.25, 0.3) is 5.57 Å². The van der Waals surface area contributed by atoms with Gasteiger partial charge in [-0.1, -0.05) is 6.58 Å². The highest BCUT2D eigenvalue weighted by atomic mass is 16.6. The van der Waals surface area contributed by atoms with Crippen LogP contribution in [0.15, 0.2) is 18.7 Å². The van der Waals surface area contributed by atoms with Crippen LogP contribution in [0.2, 0.25) is 0 Å². The molecule has 0 bridgehead atoms. The molecule has 2 N–H and O–H groups in total. The van der Waals surface area contributed by atoms with E-state index in [2.05, 4.69) is 6.58 Å². The van der Waals surface area contributed by atoms with E-state index < -0.39 is 22.1 Å². The van der Waals surface area contributed by atoms with E-state index in [0.29, 0.717) is 13.1 Å². The molecule has 0 aliphatic heterocycles. The lowest BCUT2D eigenvalue weighted by Crippen LogP contribution is -2.30. The number of nitrogens with zero attached hydrogens (tertiary/aromatic N) is 2. The Labute approximate surface area is 115 Å². The molecule has 0 aromatic heterocycles. The van der Waals surface area contributed by atoms with Gasteiger partial charge in [-0.2, -0.15) is 0 Å². The molecule has 7 heteroatoms. The molecule has 1 aromatic carbocycles. The molecule has 1 rings (SSSR count). The highest BCUT2D eigenvalue weighted by Gasteiger charge is 2.23. The normalized spacial score (nSPS) is 10.1. The van der Waals surface area contributed by atoms with Crippen molar-refractivity contribution in [1.82, 2.24) is 4.90 Å². The molecule has 0 heterocycles. The van der Waals surface area contributed by atoms with Gasteiger partial charge in [0.25, 0.3) is 5.91 Å². The quantitative estimate of drug-likeness (QED) is 0.371. The summed E-state index contributed by atoms with van der Waals surface area (Å²) in [5.74, 6) is -1.88. The number of benzene rings is 1. The van der Waals surface area contributed by atoms with Crippen molar-refractivity contribution >= 4 is 17.2 Å². The minimum Gasteiger partial charge on any atom is -0.504 e. The van der Waals surface area contributed by atoms with E-state index in [4.69, 9.17) is 0 Å². The van der Waals surface area contributed by atoms with E-state index in [1.807, 2.05) is 0 Å². The molecule has 20 heavy (non-hydrogen) atoms. The molecule has 7 nitrogen and oxygen atoms in total. The average Bonchev–Trinajstić information content (AvgIpc) is 2.41. The molecule has 0 spiro atoms. The van der Waals surface area contributed by atoms with Crippen molar-refractivity contribution in [2.45, 2.75) is 13.8 Å². The number of carbonyl (C=O) groups is 1. The first-order valence-electron chi connectivity index (χ1n) is 6.02. The molecule has 0 saturated heterocycles. The lowest BCUT2D eigenvalue weighted by molar-refractivity contribution is -0.386. The smallest absolute Gasteiger partial charge is 0.315 e. The maximum Gasteiger partial charge on any atom is 0.315 e. The minimum atomic E-state index is -0.840. The fourth-order valence-corrected chi connectivity index (χ4v) is 1.74. The van der Waals surface area contributed by atoms with E-state index in [1.165, 1.54) is 4.90 Å². The zero-order valence-electron chi connectivity index (χ0n) is 11.3. The number of phenols is 2. The maximum absolute atomic E-state index is 12.1. The van der Waals surface area contributed by atoms with Crippen molar-refractivity contribution in [2.24, 2.45) is 0 Å². The predicted molar refractivity (Wildman–Crippen MR) is 73.4 cm³/mol. The molecule has 1 aromatic rings. The van der Waals surface area contributed by atoms with Gasteiger partial charge < -0.3 is 15.1 Å². The Kier molecular flexibility index (Phi) is 4.68. The third-order valence-corrected chi connectivity index (χ3v) is 2.92. The first-order chi connectivity index (χ1) is 9.33. The summed E-state index contributed by atoms with van der Waals surface area (Å²) in [4.78, 5) is 23.5. The molecule has 0 radical (unpaired) electrons. The number of amides is 1. The lowest BCUT2D eigenvalue weighted by Gasteiger charge is -2.20. The van der Waals surface area contributed by atoms with E-state index in [-0.39, 0.29) is 17.0 Å². The summed E-state index contributed by atoms with van der Waals surface area (Å²) in [5.41, 5.74) is -0.551. The van der Waals surface area contributed by atoms with E-state index in [0.717, 1.165) is 12.1 Å². The van der Waals surface area contributed by atoms with E-state index >= 15 is 0 Å². The molecule has 0 saturated carbocycles. The second-order valence-electron chi connectivity index (χ2n) is 4.08. The van der Waals surface area contributed by atoms with Crippen LogP contribution in [-0.4, -0.2) is 39.0 Å². The van der Waals surface area contributed by atoms with Crippen LogP contribution in [0.5, 0.6) is 11.5 Å². The third-order valence-electron chi connectivity index (χ3n) is 2.92. The fraction of sp³-hybridized carbons (Fsp3) is 0.308. The molecule has 0 atom stereocenters. The summed E-state index contributed by atoms with van der Waals surface area (Å²) in [7, 11) is 0. The number of hydrogen-bond donors (Lipinski definition) is 2. The van der Waals surface area contributed by atoms with Gasteiger partial charge in [-0.25, -0.2) is 0 Å². The number of likely N-dealkylation sites (N-methyl/N-ethyl adjacent to an activating group) is 1. The zero-order valence-corrected chi connectivity index (χ0v) is 11.3. The Morgan fingerprint density at radius 1 is 1.35 bits per heavy atom. The fourth-order valence-electron chi connectivity index (χ4n) is 1.74. The maximum atomic E-state index is 12.1. The van der Waals surface area contributed by atoms with Crippen LogP contribution >= 0.6 is 0 Å². The van der Waals surface area contributed by atoms with E-state index in [9.17, 15) is 25.1 Å². The molecular formula is C13H16N2O5. The van der Waals surface area contributed by atoms with Gasteiger partial charge >= 0.3 is 5.69 Å². The van der Waals surface area contributed by atoms with Crippen molar-refractivity contribution in [3.05, 3.63) is 34.4 Å². The molecule has 108 valence electrons. The van der Waals surface area contributed by atoms with Crippen LogP contribution < -0.4 is 0 Å². The Balaban J connectivity index is 3.24. The monoisotopic (exact) mass is 280 g/mol. The molecule has 0 fully saturated rings. The van der Waals surface area contributed by atoms with Gasteiger partial charge in [-0.05, 0) is 25.5 Å². The Morgan fingerprint density at radius 2 is 1.90 bits per heavy atom. The summed E-state index contributed by atoms with van der Waals surface area (Å²) in [6.45, 7) is 8.15. The number of carbonyl (C=O) groups excluding carboxylic acids is 1. The topological polar surface area (TPSA) is 104 Å². The van der Waals surface area contributed by atoms with Gasteiger partial charge in [0.2, 0.25) is 5.75 Å². The van der Waals surface area contributed by atoms with Crippen molar-refractivity contribution in [1.29, 1.82) is 0 Å². The number of nitro benzene ring substituents is 1. The van der Waals surface area contributed by atoms with Crippen molar-refractivity contribution in [2.75, 3.05) is 13.1 Å². The first kappa shape index (κ1) is 15.5. The molecule has 0 aliphatic carbocycles. The van der Waals surface area contributed by atoms with Crippen molar-refractivity contribution in [3.63, 3.8) is 0 Å². The molecule has 0 aliphatic rings. The number of hydrogen-bond acceptors (Lipinski definition) is 5. The van der Waals surface area contributed by atoms with Gasteiger partial charge in [0, 0.05) is 24.7 Å². The number of phenolic OH excluding ortho intramolecular Hbond substituents is 2. The van der Waals surface area contributed by atoms with Gasteiger partial charge in [0.15, 0.2) is 5.75 Å². The van der Waals surface area contributed by atoms with Gasteiger partial charge in [0.1, 0.15) is 0 Å². The Morgan fingerprint density at radius 3 is 2.35 bits per heavy atom. The van der Waals surface area contributed by atoms with Gasteiger partial charge in [-0.3, -0.25) is 14.9 Å². The summed E-state index contributed by atoms with van der Waals surface area (Å²) in [6, 6.07) is 2.09. The predicted octanol–water partition coefficient (Wildman–Crippen LogP) is 1.89. The number of rotatable bonds is 5. The van der Waals surface area contributed by atoms with Crippen LogP contribution in [0.3, 0.4) is 0 Å². The van der Waals surface area contributed by atoms with Crippen LogP contribution in [0.4, 0.5) is 5.69 Å². The largest absolute Gasteiger partial charge is 0.504 e. The SMILES string of the molecule is C=C(C(=O)N(CC)CC)c1cc(O)c(O)c([N+](=O)[O-])c1. The number of nitro groups is 1. The van der Waals surface area contributed by atoms with Crippen molar-refractivity contribution < 1.29 is 19.9 Å². The lowest BCUT2D eigenvalue weighted by atomic mass is 10.0. The van der Waals surface area contributed by atoms with Crippen LogP contribution in [-0.2, 0) is 4.79 Å². The highest BCUT2D eigenvalue weighted by molar-refractivity contribution is 6.18. The summed E-state index contributed by atoms with van der Waals surface area (Å²) < 4.78 is 0. The second kappa shape index (κ2) is 6.05. The molecule has 0 unspecified atom stereocenters. The minimum absolute atomic E-state index is 0.0205. The Bertz CT molecular complexity index is 564. The van der Waals surface area contributed by atoms with Gasteiger partial charge in [-0.15, -0.1) is 0 Å². The summed E-state index contributed by atoms with van der Waals surface area (Å²) in [6.07, 6.45) is 0. The molecular weight excluding hydrogens is 264 g/mol. The standard InChI is InChI=1S/C13H16N2O5/c1-4-14(5-2)13(18)8(3)9-6-10(15(19)20)12(17)11(16)7-9/h6-7,16-17H,3-5H2,1-2H3. The zero-order chi connectivity index (χ0) is 15.4. The Hall–Kier alpha value is -2.57.